The highest BCUT2D eigenvalue weighted by atomic mass is 32.2. The molecule has 1 aromatic carbocycles. The molecule has 0 aliphatic heterocycles. The van der Waals surface area contributed by atoms with Crippen LogP contribution in [0.2, 0.25) is 0 Å². The van der Waals surface area contributed by atoms with Crippen molar-refractivity contribution in [2.24, 2.45) is 0 Å². The number of thioether (sulfide) groups is 1. The third-order valence-corrected chi connectivity index (χ3v) is 3.26. The normalized spacial score (nSPS) is 13.3. The molecule has 0 aliphatic rings. The van der Waals surface area contributed by atoms with Crippen molar-refractivity contribution in [2.45, 2.75) is 17.2 Å². The summed E-state index contributed by atoms with van der Waals surface area (Å²) in [7, 11) is 0. The molecule has 5 nitrogen and oxygen atoms in total. The molecule has 0 heterocycles. The Bertz CT molecular complexity index is 467. The molecule has 2 N–H and O–H groups in total. The molecule has 0 amide bonds. The first-order valence-electron chi connectivity index (χ1n) is 5.03. The number of hydrogen-bond acceptors (Lipinski definition) is 5. The molecular weight excluding hydrogens is 287 g/mol. The van der Waals surface area contributed by atoms with E-state index in [1.165, 1.54) is 6.07 Å². The van der Waals surface area contributed by atoms with Crippen molar-refractivity contribution in [1.82, 2.24) is 0 Å². The van der Waals surface area contributed by atoms with Gasteiger partial charge in [0.25, 0.3) is 5.69 Å². The minimum absolute atomic E-state index is 0.00833. The van der Waals surface area contributed by atoms with Crippen molar-refractivity contribution < 1.29 is 28.3 Å². The lowest BCUT2D eigenvalue weighted by molar-refractivity contribution is -0.388. The number of aliphatic hydroxyl groups is 2. The highest BCUT2D eigenvalue weighted by Crippen LogP contribution is 2.38. The van der Waals surface area contributed by atoms with Crippen LogP contribution in [0.1, 0.15) is 5.56 Å². The molecule has 0 saturated carbocycles. The summed E-state index contributed by atoms with van der Waals surface area (Å²) in [4.78, 5) is 9.55. The van der Waals surface area contributed by atoms with Gasteiger partial charge in [-0.25, -0.2) is 0 Å². The van der Waals surface area contributed by atoms with E-state index in [4.69, 9.17) is 10.2 Å². The molecular formula is C10H10F3NO4S. The van der Waals surface area contributed by atoms with Gasteiger partial charge in [0.1, 0.15) is 5.56 Å². The molecule has 1 atom stereocenters. The Morgan fingerprint density at radius 1 is 1.42 bits per heavy atom. The van der Waals surface area contributed by atoms with Gasteiger partial charge in [0.2, 0.25) is 0 Å². The van der Waals surface area contributed by atoms with Crippen LogP contribution in [0.4, 0.5) is 18.9 Å². The summed E-state index contributed by atoms with van der Waals surface area (Å²) in [5.41, 5.74) is -2.35. The Hall–Kier alpha value is -1.32. The summed E-state index contributed by atoms with van der Waals surface area (Å²) in [5.74, 6) is -0.00833. The Morgan fingerprint density at radius 2 is 2.05 bits per heavy atom. The fourth-order valence-electron chi connectivity index (χ4n) is 1.24. The maximum Gasteiger partial charge on any atom is 0.423 e. The predicted octanol–water partition coefficient (Wildman–Crippen LogP) is 2.06. The fraction of sp³-hybridized carbons (Fsp3) is 0.400. The number of nitro groups is 1. The third-order valence-electron chi connectivity index (χ3n) is 2.12. The lowest BCUT2D eigenvalue weighted by Gasteiger charge is -2.10. The number of benzene rings is 1. The highest BCUT2D eigenvalue weighted by molar-refractivity contribution is 7.99. The van der Waals surface area contributed by atoms with Gasteiger partial charge >= 0.3 is 6.18 Å². The van der Waals surface area contributed by atoms with E-state index in [1.54, 1.807) is 0 Å². The quantitative estimate of drug-likeness (QED) is 0.494. The maximum absolute atomic E-state index is 12.7. The number of alkyl halides is 3. The minimum Gasteiger partial charge on any atom is -0.394 e. The molecule has 0 saturated heterocycles. The Morgan fingerprint density at radius 3 is 2.53 bits per heavy atom. The Labute approximate surface area is 110 Å². The largest absolute Gasteiger partial charge is 0.423 e. The second-order valence-corrected chi connectivity index (χ2v) is 4.67. The summed E-state index contributed by atoms with van der Waals surface area (Å²) in [5, 5.41) is 28.2. The van der Waals surface area contributed by atoms with Gasteiger partial charge in [-0.3, -0.25) is 10.1 Å². The monoisotopic (exact) mass is 297 g/mol. The van der Waals surface area contributed by atoms with E-state index in [9.17, 15) is 23.3 Å². The van der Waals surface area contributed by atoms with Gasteiger partial charge in [-0.2, -0.15) is 13.2 Å². The second kappa shape index (κ2) is 6.22. The maximum atomic E-state index is 12.7. The second-order valence-electron chi connectivity index (χ2n) is 3.58. The lowest BCUT2D eigenvalue weighted by atomic mass is 10.2. The summed E-state index contributed by atoms with van der Waals surface area (Å²) in [6, 6.07) is 2.60. The van der Waals surface area contributed by atoms with Gasteiger partial charge in [-0.15, -0.1) is 11.8 Å². The van der Waals surface area contributed by atoms with Crippen LogP contribution in [0, 0.1) is 10.1 Å². The first-order valence-corrected chi connectivity index (χ1v) is 6.01. The molecule has 1 rings (SSSR count). The zero-order valence-corrected chi connectivity index (χ0v) is 10.2. The molecule has 0 radical (unpaired) electrons. The molecule has 0 bridgehead atoms. The number of halogens is 3. The zero-order valence-electron chi connectivity index (χ0n) is 9.42. The van der Waals surface area contributed by atoms with Gasteiger partial charge in [-0.1, -0.05) is 0 Å². The van der Waals surface area contributed by atoms with Crippen LogP contribution in [0.25, 0.3) is 0 Å². The Kier molecular flexibility index (Phi) is 5.15. The minimum atomic E-state index is -4.82. The SMILES string of the molecule is O=[N+]([O-])c1ccc(SCC(O)CO)cc1C(F)(F)F. The average molecular weight is 297 g/mol. The van der Waals surface area contributed by atoms with Gasteiger partial charge < -0.3 is 10.2 Å². The van der Waals surface area contributed by atoms with Crippen LogP contribution >= 0.6 is 11.8 Å². The standard InChI is InChI=1S/C10H10F3NO4S/c11-10(12,13)8-3-7(19-5-6(16)4-15)1-2-9(8)14(17)18/h1-3,6,15-16H,4-5H2. The van der Waals surface area contributed by atoms with Crippen LogP contribution in [0.15, 0.2) is 23.1 Å². The molecule has 106 valence electrons. The summed E-state index contributed by atoms with van der Waals surface area (Å²) in [6.45, 7) is -0.508. The van der Waals surface area contributed by atoms with Crippen molar-refractivity contribution in [2.75, 3.05) is 12.4 Å². The fourth-order valence-corrected chi connectivity index (χ4v) is 2.09. The topological polar surface area (TPSA) is 83.6 Å². The summed E-state index contributed by atoms with van der Waals surface area (Å²) < 4.78 is 38.0. The van der Waals surface area contributed by atoms with Crippen LogP contribution in [0.5, 0.6) is 0 Å². The zero-order chi connectivity index (χ0) is 14.6. The molecule has 0 fully saturated rings. The number of rotatable bonds is 5. The smallest absolute Gasteiger partial charge is 0.394 e. The van der Waals surface area contributed by atoms with Crippen molar-refractivity contribution >= 4 is 17.4 Å². The van der Waals surface area contributed by atoms with E-state index < -0.39 is 35.1 Å². The molecule has 19 heavy (non-hydrogen) atoms. The average Bonchev–Trinajstić information content (AvgIpc) is 2.34. The van der Waals surface area contributed by atoms with Crippen LogP contribution < -0.4 is 0 Å². The van der Waals surface area contributed by atoms with Crippen LogP contribution in [-0.4, -0.2) is 33.6 Å². The molecule has 0 spiro atoms. The van der Waals surface area contributed by atoms with E-state index in [2.05, 4.69) is 0 Å². The van der Waals surface area contributed by atoms with Gasteiger partial charge in [0.05, 0.1) is 17.6 Å². The predicted molar refractivity (Wildman–Crippen MR) is 61.9 cm³/mol. The van der Waals surface area contributed by atoms with E-state index in [-0.39, 0.29) is 10.6 Å². The van der Waals surface area contributed by atoms with Crippen molar-refractivity contribution in [3.8, 4) is 0 Å². The first-order chi connectivity index (χ1) is 8.75. The Balaban J connectivity index is 3.02. The van der Waals surface area contributed by atoms with Crippen LogP contribution in [0.3, 0.4) is 0 Å². The van der Waals surface area contributed by atoms with E-state index >= 15 is 0 Å². The summed E-state index contributed by atoms with van der Waals surface area (Å²) >= 11 is 0.871. The van der Waals surface area contributed by atoms with Crippen molar-refractivity contribution in [1.29, 1.82) is 0 Å². The number of aliphatic hydroxyl groups excluding tert-OH is 2. The molecule has 0 aromatic heterocycles. The number of nitro benzene ring substituents is 1. The van der Waals surface area contributed by atoms with Gasteiger partial charge in [0.15, 0.2) is 0 Å². The number of hydrogen-bond donors (Lipinski definition) is 2. The first kappa shape index (κ1) is 15.7. The molecule has 9 heteroatoms. The molecule has 1 aromatic rings. The van der Waals surface area contributed by atoms with E-state index in [0.717, 1.165) is 17.8 Å². The van der Waals surface area contributed by atoms with Gasteiger partial charge in [0, 0.05) is 16.7 Å². The van der Waals surface area contributed by atoms with Crippen molar-refractivity contribution in [3.63, 3.8) is 0 Å². The van der Waals surface area contributed by atoms with Crippen molar-refractivity contribution in [3.05, 3.63) is 33.9 Å². The highest BCUT2D eigenvalue weighted by Gasteiger charge is 2.38. The summed E-state index contributed by atoms with van der Waals surface area (Å²) in [6.07, 6.45) is -5.89. The molecule has 0 aliphatic carbocycles. The molecule has 1 unspecified atom stereocenters. The lowest BCUT2D eigenvalue weighted by Crippen LogP contribution is -2.14. The van der Waals surface area contributed by atoms with E-state index in [0.29, 0.717) is 6.07 Å². The van der Waals surface area contributed by atoms with Gasteiger partial charge in [-0.05, 0) is 12.1 Å². The van der Waals surface area contributed by atoms with Crippen LogP contribution in [-0.2, 0) is 6.18 Å². The number of nitrogens with zero attached hydrogens (tertiary/aromatic N) is 1. The third kappa shape index (κ3) is 4.37. The van der Waals surface area contributed by atoms with E-state index in [1.807, 2.05) is 0 Å².